The van der Waals surface area contributed by atoms with Gasteiger partial charge in [-0.25, -0.2) is 18.2 Å². The van der Waals surface area contributed by atoms with Crippen LogP contribution in [0, 0.1) is 11.6 Å². The molecule has 2 aromatic carbocycles. The minimum Gasteiger partial charge on any atom is -0.369 e. The molecule has 0 unspecified atom stereocenters. The maximum Gasteiger partial charge on any atom is 0.201 e. The number of piperazine rings is 1. The van der Waals surface area contributed by atoms with Crippen LogP contribution in [0.4, 0.5) is 24.5 Å². The van der Waals surface area contributed by atoms with Crippen LogP contribution in [0.3, 0.4) is 0 Å². The van der Waals surface area contributed by atoms with Crippen molar-refractivity contribution in [2.75, 3.05) is 55.6 Å². The lowest BCUT2D eigenvalue weighted by Crippen LogP contribution is -2.46. The minimum absolute atomic E-state index is 0.00567. The summed E-state index contributed by atoms with van der Waals surface area (Å²) in [6.45, 7) is 4.06. The molecule has 4 aromatic rings. The largest absolute Gasteiger partial charge is 0.369 e. The second-order valence-corrected chi connectivity index (χ2v) is 10.2. The third-order valence-electron chi connectivity index (χ3n) is 7.82. The average molecular weight is 548 g/mol. The van der Waals surface area contributed by atoms with Gasteiger partial charge in [0.15, 0.2) is 5.82 Å². The summed E-state index contributed by atoms with van der Waals surface area (Å²) < 4.78 is 44.0. The average Bonchev–Trinajstić information content (AvgIpc) is 3.59. The highest BCUT2D eigenvalue weighted by molar-refractivity contribution is 6.16. The Kier molecular flexibility index (Phi) is 7.02. The van der Waals surface area contributed by atoms with Gasteiger partial charge in [-0.1, -0.05) is 12.1 Å². The molecule has 2 fully saturated rings. The number of aromatic nitrogens is 2. The van der Waals surface area contributed by atoms with Gasteiger partial charge in [0.25, 0.3) is 0 Å². The Morgan fingerprint density at radius 2 is 1.77 bits per heavy atom. The van der Waals surface area contributed by atoms with E-state index >= 15 is 4.39 Å². The molecule has 2 aliphatic heterocycles. The van der Waals surface area contributed by atoms with E-state index in [4.69, 9.17) is 0 Å². The van der Waals surface area contributed by atoms with E-state index in [0.29, 0.717) is 24.1 Å². The van der Waals surface area contributed by atoms with Crippen molar-refractivity contribution in [3.8, 4) is 11.1 Å². The summed E-state index contributed by atoms with van der Waals surface area (Å²) >= 11 is 0. The normalized spacial score (nSPS) is 18.0. The Balaban J connectivity index is 1.27. The van der Waals surface area contributed by atoms with Gasteiger partial charge in [-0.05, 0) is 42.3 Å². The summed E-state index contributed by atoms with van der Waals surface area (Å²) in [5, 5.41) is 0.451. The van der Waals surface area contributed by atoms with Crippen molar-refractivity contribution in [2.45, 2.75) is 12.6 Å². The topological polar surface area (TPSA) is 72.5 Å². The zero-order valence-corrected chi connectivity index (χ0v) is 21.7. The monoisotopic (exact) mass is 547 g/mol. The van der Waals surface area contributed by atoms with E-state index in [1.54, 1.807) is 12.3 Å². The summed E-state index contributed by atoms with van der Waals surface area (Å²) in [6, 6.07) is 12.1. The first-order chi connectivity index (χ1) is 19.4. The number of carbonyl (C=O) groups excluding carboxylic acids is 2. The molecule has 0 radical (unpaired) electrons. The molecule has 4 heterocycles. The molecule has 0 aliphatic carbocycles. The number of aromatic amines is 1. The fraction of sp³-hybridized carbons (Fsp3) is 0.300. The van der Waals surface area contributed by atoms with Crippen molar-refractivity contribution >= 4 is 34.5 Å². The Labute approximate surface area is 229 Å². The number of pyridine rings is 1. The molecule has 2 aromatic heterocycles. The molecule has 1 N–H and O–H groups in total. The molecule has 206 valence electrons. The number of hydrogen-bond acceptors (Lipinski definition) is 6. The number of H-pyrrole nitrogens is 1. The smallest absolute Gasteiger partial charge is 0.201 e. The van der Waals surface area contributed by atoms with Gasteiger partial charge in [-0.15, -0.1) is 0 Å². The van der Waals surface area contributed by atoms with Gasteiger partial charge < -0.3 is 19.6 Å². The molecule has 1 atom stereocenters. The fourth-order valence-electron chi connectivity index (χ4n) is 5.57. The molecule has 6 rings (SSSR count). The number of aldehydes is 1. The summed E-state index contributed by atoms with van der Waals surface area (Å²) in [7, 11) is 0. The number of alkyl halides is 1. The number of carbonyl (C=O) groups is 2. The lowest BCUT2D eigenvalue weighted by Gasteiger charge is -2.35. The van der Waals surface area contributed by atoms with E-state index in [2.05, 4.69) is 19.8 Å². The van der Waals surface area contributed by atoms with Crippen LogP contribution in [0.1, 0.15) is 22.3 Å². The number of hydrogen-bond donors (Lipinski definition) is 1. The molecular weight excluding hydrogens is 519 g/mol. The van der Waals surface area contributed by atoms with Crippen molar-refractivity contribution in [1.29, 1.82) is 0 Å². The third-order valence-corrected chi connectivity index (χ3v) is 7.82. The van der Waals surface area contributed by atoms with Crippen molar-refractivity contribution in [2.24, 2.45) is 0 Å². The standard InChI is InChI=1S/C30H28F3N5O2/c31-21-7-8-38(18-21)26-6-5-25(32)27(28(26)33)29(40)24-17-35-30-23(24)15-20(16-34-30)19-1-3-22(4-2-19)37-11-9-36(10-12-37)13-14-39/h1-6,14-17,21H,7-13,18H2,(H,34,35)/t21-/m1/s1. The number of fused-ring (bicyclic) bond motifs is 1. The minimum atomic E-state index is -1.09. The zero-order valence-electron chi connectivity index (χ0n) is 21.7. The quantitative estimate of drug-likeness (QED) is 0.269. The van der Waals surface area contributed by atoms with Crippen LogP contribution in [0.2, 0.25) is 0 Å². The summed E-state index contributed by atoms with van der Waals surface area (Å²) in [4.78, 5) is 37.5. The summed E-state index contributed by atoms with van der Waals surface area (Å²) in [6.07, 6.45) is 3.20. The summed E-state index contributed by atoms with van der Waals surface area (Å²) in [5.74, 6) is -2.76. The van der Waals surface area contributed by atoms with Crippen LogP contribution < -0.4 is 9.80 Å². The predicted octanol–water partition coefficient (Wildman–Crippen LogP) is 4.61. The van der Waals surface area contributed by atoms with E-state index in [0.717, 1.165) is 55.3 Å². The Morgan fingerprint density at radius 3 is 2.48 bits per heavy atom. The number of nitrogens with zero attached hydrogens (tertiary/aromatic N) is 4. The molecule has 0 bridgehead atoms. The van der Waals surface area contributed by atoms with Crippen molar-refractivity contribution in [1.82, 2.24) is 14.9 Å². The number of halogens is 3. The Bertz CT molecular complexity index is 1560. The predicted molar refractivity (Wildman–Crippen MR) is 148 cm³/mol. The third kappa shape index (κ3) is 4.83. The van der Waals surface area contributed by atoms with Crippen LogP contribution in [0.25, 0.3) is 22.2 Å². The highest BCUT2D eigenvalue weighted by Gasteiger charge is 2.29. The maximum atomic E-state index is 15.5. The second kappa shape index (κ2) is 10.8. The molecule has 2 aliphatic rings. The van der Waals surface area contributed by atoms with E-state index in [1.807, 2.05) is 24.3 Å². The van der Waals surface area contributed by atoms with Gasteiger partial charge in [0.05, 0.1) is 17.8 Å². The first kappa shape index (κ1) is 26.1. The molecule has 0 spiro atoms. The van der Waals surface area contributed by atoms with Gasteiger partial charge in [-0.3, -0.25) is 9.69 Å². The first-order valence-corrected chi connectivity index (χ1v) is 13.3. The Hall–Kier alpha value is -4.18. The van der Waals surface area contributed by atoms with E-state index in [-0.39, 0.29) is 24.2 Å². The van der Waals surface area contributed by atoms with Gasteiger partial charge in [0.2, 0.25) is 5.78 Å². The van der Waals surface area contributed by atoms with Crippen LogP contribution in [-0.2, 0) is 4.79 Å². The fourth-order valence-corrected chi connectivity index (χ4v) is 5.57. The maximum absolute atomic E-state index is 15.5. The lowest BCUT2D eigenvalue weighted by atomic mass is 9.99. The molecule has 40 heavy (non-hydrogen) atoms. The van der Waals surface area contributed by atoms with E-state index in [9.17, 15) is 18.4 Å². The first-order valence-electron chi connectivity index (χ1n) is 13.3. The number of rotatable bonds is 7. The molecule has 0 saturated carbocycles. The SMILES string of the molecule is O=CCN1CCN(c2ccc(-c3cnc4[nH]cc(C(=O)c5c(F)ccc(N6CC[C@@H](F)C6)c5F)c4c3)cc2)CC1. The number of anilines is 2. The van der Waals surface area contributed by atoms with Crippen LogP contribution in [0.5, 0.6) is 0 Å². The van der Waals surface area contributed by atoms with Gasteiger partial charge in [-0.2, -0.15) is 0 Å². The number of benzene rings is 2. The van der Waals surface area contributed by atoms with Gasteiger partial charge in [0.1, 0.15) is 23.9 Å². The molecule has 0 amide bonds. The highest BCUT2D eigenvalue weighted by atomic mass is 19.1. The number of nitrogens with one attached hydrogen (secondary N) is 1. The van der Waals surface area contributed by atoms with E-state index in [1.165, 1.54) is 17.2 Å². The molecule has 10 heteroatoms. The lowest BCUT2D eigenvalue weighted by molar-refractivity contribution is -0.108. The van der Waals surface area contributed by atoms with Crippen LogP contribution in [0.15, 0.2) is 54.9 Å². The number of ketones is 1. The molecular formula is C30H28F3N5O2. The molecule has 2 saturated heterocycles. The van der Waals surface area contributed by atoms with Crippen LogP contribution in [-0.4, -0.2) is 78.9 Å². The molecule has 7 nitrogen and oxygen atoms in total. The van der Waals surface area contributed by atoms with Crippen LogP contribution >= 0.6 is 0 Å². The van der Waals surface area contributed by atoms with Crippen molar-refractivity contribution in [3.63, 3.8) is 0 Å². The van der Waals surface area contributed by atoms with Gasteiger partial charge in [0, 0.05) is 73.9 Å². The van der Waals surface area contributed by atoms with Crippen molar-refractivity contribution in [3.05, 3.63) is 77.6 Å². The van der Waals surface area contributed by atoms with E-state index < -0.39 is 29.2 Å². The highest BCUT2D eigenvalue weighted by Crippen LogP contribution is 2.32. The second-order valence-electron chi connectivity index (χ2n) is 10.2. The van der Waals surface area contributed by atoms with Gasteiger partial charge >= 0.3 is 0 Å². The van der Waals surface area contributed by atoms with Crippen molar-refractivity contribution < 1.29 is 22.8 Å². The zero-order chi connectivity index (χ0) is 27.8. The Morgan fingerprint density at radius 1 is 1.00 bits per heavy atom. The summed E-state index contributed by atoms with van der Waals surface area (Å²) in [5.41, 5.74) is 2.60.